The van der Waals surface area contributed by atoms with E-state index in [0.717, 1.165) is 53.4 Å². The number of anilines is 1. The van der Waals surface area contributed by atoms with Crippen molar-refractivity contribution in [2.24, 2.45) is 0 Å². The van der Waals surface area contributed by atoms with Crippen molar-refractivity contribution in [3.8, 4) is 5.75 Å². The number of aliphatic hydroxyl groups is 1. The molecular weight excluding hydrogens is 494 g/mol. The molecule has 0 saturated heterocycles. The summed E-state index contributed by atoms with van der Waals surface area (Å²) in [5.74, 6) is -0.218. The van der Waals surface area contributed by atoms with Crippen LogP contribution in [0.25, 0.3) is 10.9 Å². The van der Waals surface area contributed by atoms with Crippen LogP contribution in [-0.2, 0) is 16.6 Å². The van der Waals surface area contributed by atoms with Crippen molar-refractivity contribution in [3.05, 3.63) is 59.3 Å². The number of ether oxygens (including phenoxy) is 1. The zero-order chi connectivity index (χ0) is 25.5. The summed E-state index contributed by atoms with van der Waals surface area (Å²) < 4.78 is 6.07. The van der Waals surface area contributed by atoms with Crippen molar-refractivity contribution in [3.63, 3.8) is 0 Å². The number of hydrogen-bond donors (Lipinski definition) is 5. The zero-order valence-corrected chi connectivity index (χ0v) is 21.9. The van der Waals surface area contributed by atoms with Crippen LogP contribution in [0.1, 0.15) is 61.0 Å². The number of β-amino-alcohol motifs (C(OH)–C–C–N with tert-alkyl or cyclic N) is 1. The number of amides is 1. The van der Waals surface area contributed by atoms with Crippen LogP contribution in [0.4, 0.5) is 5.69 Å². The number of carboxylic acids is 1. The smallest absolute Gasteiger partial charge is 0.335 e. The minimum absolute atomic E-state index is 0. The van der Waals surface area contributed by atoms with Crippen molar-refractivity contribution in [2.75, 3.05) is 18.5 Å². The van der Waals surface area contributed by atoms with Gasteiger partial charge in [0.15, 0.2) is 0 Å². The first-order chi connectivity index (χ1) is 17.2. The first-order valence-corrected chi connectivity index (χ1v) is 12.5. The molecule has 1 atom stereocenters. The molecule has 8 nitrogen and oxygen atoms in total. The lowest BCUT2D eigenvalue weighted by Crippen LogP contribution is -2.46. The number of benzene rings is 2. The highest BCUT2D eigenvalue weighted by molar-refractivity contribution is 6.07. The minimum atomic E-state index is -0.951. The van der Waals surface area contributed by atoms with Crippen LogP contribution < -0.4 is 15.4 Å². The summed E-state index contributed by atoms with van der Waals surface area (Å²) in [5, 5.41) is 27.3. The van der Waals surface area contributed by atoms with E-state index in [2.05, 4.69) is 29.5 Å². The van der Waals surface area contributed by atoms with Crippen molar-refractivity contribution in [1.29, 1.82) is 0 Å². The highest BCUT2D eigenvalue weighted by Crippen LogP contribution is 2.52. The van der Waals surface area contributed by atoms with Gasteiger partial charge in [0.05, 0.1) is 11.0 Å². The predicted molar refractivity (Wildman–Crippen MR) is 145 cm³/mol. The Hall–Kier alpha value is -3.07. The zero-order valence-electron chi connectivity index (χ0n) is 21.1. The molecule has 0 unspecified atom stereocenters. The van der Waals surface area contributed by atoms with Crippen LogP contribution in [0, 0.1) is 0 Å². The molecule has 1 amide bonds. The number of hydrogen-bond acceptors (Lipinski definition) is 5. The summed E-state index contributed by atoms with van der Waals surface area (Å²) in [7, 11) is 0. The van der Waals surface area contributed by atoms with Gasteiger partial charge < -0.3 is 30.6 Å². The highest BCUT2D eigenvalue weighted by atomic mass is 35.5. The lowest BCUT2D eigenvalue weighted by molar-refractivity contribution is -0.120. The van der Waals surface area contributed by atoms with Crippen LogP contribution in [0.2, 0.25) is 0 Å². The van der Waals surface area contributed by atoms with Crippen LogP contribution in [0.5, 0.6) is 5.75 Å². The highest BCUT2D eigenvalue weighted by Gasteiger charge is 2.50. The Morgan fingerprint density at radius 1 is 1.22 bits per heavy atom. The molecule has 1 aromatic heterocycles. The lowest BCUT2D eigenvalue weighted by atomic mass is 9.79. The molecule has 3 aromatic rings. The van der Waals surface area contributed by atoms with E-state index < -0.39 is 17.5 Å². The SMILES string of the molecule is CC(C)(Cc1c[nH]c2cc(C(=O)O)ccc12)NC[C@H](O)COc1cccc2c1C1(CCCC1)C(=O)N2.Cl. The van der Waals surface area contributed by atoms with Gasteiger partial charge in [0.25, 0.3) is 0 Å². The number of carbonyl (C=O) groups is 2. The number of rotatable bonds is 9. The van der Waals surface area contributed by atoms with Gasteiger partial charge in [-0.25, -0.2) is 4.79 Å². The van der Waals surface area contributed by atoms with Crippen molar-refractivity contribution in [2.45, 2.75) is 63.0 Å². The fourth-order valence-electron chi connectivity index (χ4n) is 5.70. The number of aromatic nitrogens is 1. The topological polar surface area (TPSA) is 124 Å². The molecule has 0 radical (unpaired) electrons. The number of carbonyl (C=O) groups excluding carboxylic acids is 1. The van der Waals surface area contributed by atoms with Crippen LogP contribution >= 0.6 is 12.4 Å². The normalized spacial score (nSPS) is 16.9. The third-order valence-electron chi connectivity index (χ3n) is 7.54. The molecule has 9 heteroatoms. The summed E-state index contributed by atoms with van der Waals surface area (Å²) in [6.07, 6.45) is 5.58. The molecule has 1 spiro atoms. The standard InChI is InChI=1S/C28H33N3O5.ClH/c1-27(2,13-18-14-29-22-12-17(25(33)34)8-9-20(18)22)30-15-19(32)16-36-23-7-5-6-21-24(23)28(26(35)31-21)10-3-4-11-28;/h5-9,12,14,19,29-30,32H,3-4,10-11,13,15-16H2,1-2H3,(H,31,35)(H,33,34);1H/t19-;/m0./s1. The number of halogens is 1. The second kappa shape index (κ2) is 10.4. The van der Waals surface area contributed by atoms with E-state index in [0.29, 0.717) is 18.7 Å². The Labute approximate surface area is 222 Å². The van der Waals surface area contributed by atoms with Gasteiger partial charge in [-0.3, -0.25) is 4.79 Å². The number of aromatic amines is 1. The summed E-state index contributed by atoms with van der Waals surface area (Å²) in [6, 6.07) is 10.8. The number of nitrogens with one attached hydrogen (secondary N) is 3. The number of H-pyrrole nitrogens is 1. The van der Waals surface area contributed by atoms with E-state index in [9.17, 15) is 19.8 Å². The van der Waals surface area contributed by atoms with Crippen LogP contribution in [0.3, 0.4) is 0 Å². The van der Waals surface area contributed by atoms with E-state index >= 15 is 0 Å². The molecule has 2 aliphatic rings. The monoisotopic (exact) mass is 527 g/mol. The van der Waals surface area contributed by atoms with Gasteiger partial charge in [0, 0.05) is 40.4 Å². The van der Waals surface area contributed by atoms with Gasteiger partial charge >= 0.3 is 5.97 Å². The van der Waals surface area contributed by atoms with E-state index in [1.54, 1.807) is 12.1 Å². The van der Waals surface area contributed by atoms with Gasteiger partial charge in [0.1, 0.15) is 18.5 Å². The number of aromatic carboxylic acids is 1. The number of fused-ring (bicyclic) bond motifs is 3. The molecule has 198 valence electrons. The average Bonchev–Trinajstić information content (AvgIpc) is 3.55. The summed E-state index contributed by atoms with van der Waals surface area (Å²) in [5.41, 5.74) is 3.06. The fraction of sp³-hybridized carbons (Fsp3) is 0.429. The Morgan fingerprint density at radius 2 is 1.97 bits per heavy atom. The van der Waals surface area contributed by atoms with Gasteiger partial charge in [-0.2, -0.15) is 0 Å². The van der Waals surface area contributed by atoms with E-state index in [4.69, 9.17) is 4.74 Å². The maximum Gasteiger partial charge on any atom is 0.335 e. The molecule has 5 rings (SSSR count). The molecule has 0 bridgehead atoms. The molecule has 37 heavy (non-hydrogen) atoms. The molecule has 2 aromatic carbocycles. The van der Waals surface area contributed by atoms with Crippen molar-refractivity contribution >= 4 is 40.9 Å². The van der Waals surface area contributed by atoms with Gasteiger partial charge in [0.2, 0.25) is 5.91 Å². The Kier molecular flexibility index (Phi) is 7.55. The summed E-state index contributed by atoms with van der Waals surface area (Å²) >= 11 is 0. The van der Waals surface area contributed by atoms with Gasteiger partial charge in [-0.15, -0.1) is 12.4 Å². The molecule has 1 saturated carbocycles. The number of carboxylic acid groups (broad SMARTS) is 1. The van der Waals surface area contributed by atoms with Gasteiger partial charge in [-0.05, 0) is 62.9 Å². The quantitative estimate of drug-likeness (QED) is 0.281. The fourth-order valence-corrected chi connectivity index (χ4v) is 5.70. The van der Waals surface area contributed by atoms with E-state index in [-0.39, 0.29) is 36.0 Å². The molecule has 1 aliphatic carbocycles. The van der Waals surface area contributed by atoms with Crippen molar-refractivity contribution in [1.82, 2.24) is 10.3 Å². The minimum Gasteiger partial charge on any atom is -0.490 e. The first kappa shape index (κ1) is 27.0. The maximum absolute atomic E-state index is 12.8. The molecular formula is C28H34ClN3O5. The Morgan fingerprint density at radius 3 is 2.70 bits per heavy atom. The molecule has 5 N–H and O–H groups in total. The summed E-state index contributed by atoms with van der Waals surface area (Å²) in [6.45, 7) is 4.59. The molecule has 1 fully saturated rings. The third kappa shape index (κ3) is 5.19. The lowest BCUT2D eigenvalue weighted by Gasteiger charge is -2.28. The van der Waals surface area contributed by atoms with Crippen LogP contribution in [0.15, 0.2) is 42.6 Å². The maximum atomic E-state index is 12.8. The van der Waals surface area contributed by atoms with E-state index in [1.807, 2.05) is 30.5 Å². The largest absolute Gasteiger partial charge is 0.490 e. The van der Waals surface area contributed by atoms with Crippen LogP contribution in [-0.4, -0.2) is 51.9 Å². The third-order valence-corrected chi connectivity index (χ3v) is 7.54. The number of aliphatic hydroxyl groups excluding tert-OH is 1. The van der Waals surface area contributed by atoms with E-state index in [1.165, 1.54) is 0 Å². The molecule has 2 heterocycles. The summed E-state index contributed by atoms with van der Waals surface area (Å²) in [4.78, 5) is 27.2. The Bertz CT molecular complexity index is 1310. The Balaban J connectivity index is 0.00000320. The van der Waals surface area contributed by atoms with Gasteiger partial charge in [-0.1, -0.05) is 25.0 Å². The predicted octanol–water partition coefficient (Wildman–Crippen LogP) is 4.40. The first-order valence-electron chi connectivity index (χ1n) is 12.5. The average molecular weight is 528 g/mol. The second-order valence-corrected chi connectivity index (χ2v) is 10.7. The molecule has 1 aliphatic heterocycles. The van der Waals surface area contributed by atoms with Crippen molar-refractivity contribution < 1.29 is 24.5 Å². The second-order valence-electron chi connectivity index (χ2n) is 10.7.